The maximum Gasteiger partial charge on any atom is 0.387 e. The van der Waals surface area contributed by atoms with E-state index in [0.29, 0.717) is 11.5 Å². The second-order valence-electron chi connectivity index (χ2n) is 5.78. The SMILES string of the molecule is CC1CCNC(C(=O)NC(C)c2ccccc2OC(F)F)C1. The van der Waals surface area contributed by atoms with E-state index in [-0.39, 0.29) is 17.7 Å². The highest BCUT2D eigenvalue weighted by atomic mass is 19.3. The van der Waals surface area contributed by atoms with Crippen molar-refractivity contribution in [2.45, 2.75) is 45.4 Å². The van der Waals surface area contributed by atoms with Gasteiger partial charge in [-0.3, -0.25) is 4.79 Å². The van der Waals surface area contributed by atoms with Crippen molar-refractivity contribution in [2.24, 2.45) is 5.92 Å². The number of hydrogen-bond donors (Lipinski definition) is 2. The van der Waals surface area contributed by atoms with Crippen molar-refractivity contribution in [3.05, 3.63) is 29.8 Å². The Kier molecular flexibility index (Phi) is 5.71. The van der Waals surface area contributed by atoms with Gasteiger partial charge in [-0.1, -0.05) is 25.1 Å². The first kappa shape index (κ1) is 16.7. The van der Waals surface area contributed by atoms with Crippen LogP contribution in [-0.4, -0.2) is 25.1 Å². The lowest BCUT2D eigenvalue weighted by Gasteiger charge is -2.28. The Labute approximate surface area is 129 Å². The highest BCUT2D eigenvalue weighted by Gasteiger charge is 2.26. The van der Waals surface area contributed by atoms with Crippen LogP contribution in [0.1, 0.15) is 38.3 Å². The summed E-state index contributed by atoms with van der Waals surface area (Å²) in [5.41, 5.74) is 0.542. The predicted molar refractivity (Wildman–Crippen MR) is 79.8 cm³/mol. The Bertz CT molecular complexity index is 511. The Morgan fingerprint density at radius 3 is 2.82 bits per heavy atom. The molecule has 1 aliphatic rings. The van der Waals surface area contributed by atoms with E-state index in [1.807, 2.05) is 0 Å². The molecule has 4 nitrogen and oxygen atoms in total. The van der Waals surface area contributed by atoms with Gasteiger partial charge in [0.25, 0.3) is 0 Å². The quantitative estimate of drug-likeness (QED) is 0.879. The summed E-state index contributed by atoms with van der Waals surface area (Å²) in [5.74, 6) is 0.489. The molecule has 0 spiro atoms. The van der Waals surface area contributed by atoms with Crippen molar-refractivity contribution in [1.29, 1.82) is 0 Å². The highest BCUT2D eigenvalue weighted by molar-refractivity contribution is 5.82. The van der Waals surface area contributed by atoms with Gasteiger partial charge in [0.15, 0.2) is 0 Å². The van der Waals surface area contributed by atoms with Crippen LogP contribution in [0.2, 0.25) is 0 Å². The van der Waals surface area contributed by atoms with Gasteiger partial charge in [0, 0.05) is 5.56 Å². The number of ether oxygens (including phenoxy) is 1. The third kappa shape index (κ3) is 4.40. The zero-order valence-corrected chi connectivity index (χ0v) is 12.8. The molecule has 22 heavy (non-hydrogen) atoms. The maximum atomic E-state index is 12.4. The molecule has 122 valence electrons. The van der Waals surface area contributed by atoms with Gasteiger partial charge in [-0.05, 0) is 38.3 Å². The molecule has 1 aromatic carbocycles. The van der Waals surface area contributed by atoms with Gasteiger partial charge >= 0.3 is 6.61 Å². The first-order chi connectivity index (χ1) is 10.5. The van der Waals surface area contributed by atoms with Crippen molar-refractivity contribution in [1.82, 2.24) is 10.6 Å². The molecule has 1 aliphatic heterocycles. The minimum Gasteiger partial charge on any atom is -0.434 e. The molecule has 1 aromatic rings. The van der Waals surface area contributed by atoms with Crippen LogP contribution < -0.4 is 15.4 Å². The van der Waals surface area contributed by atoms with Crippen LogP contribution in [0.25, 0.3) is 0 Å². The zero-order chi connectivity index (χ0) is 16.1. The first-order valence-electron chi connectivity index (χ1n) is 7.55. The van der Waals surface area contributed by atoms with Crippen LogP contribution >= 0.6 is 0 Å². The number of carbonyl (C=O) groups is 1. The van der Waals surface area contributed by atoms with Crippen LogP contribution in [0.3, 0.4) is 0 Å². The fourth-order valence-electron chi connectivity index (χ4n) is 2.74. The van der Waals surface area contributed by atoms with E-state index in [0.717, 1.165) is 19.4 Å². The minimum absolute atomic E-state index is 0.0928. The van der Waals surface area contributed by atoms with Gasteiger partial charge in [0.1, 0.15) is 5.75 Å². The van der Waals surface area contributed by atoms with Crippen LogP contribution in [0, 0.1) is 5.92 Å². The molecule has 2 N–H and O–H groups in total. The Hall–Kier alpha value is -1.69. The average Bonchev–Trinajstić information content (AvgIpc) is 2.47. The van der Waals surface area contributed by atoms with Gasteiger partial charge in [0.2, 0.25) is 5.91 Å². The van der Waals surface area contributed by atoms with E-state index in [1.54, 1.807) is 25.1 Å². The highest BCUT2D eigenvalue weighted by Crippen LogP contribution is 2.26. The molecular weight excluding hydrogens is 290 g/mol. The largest absolute Gasteiger partial charge is 0.434 e. The van der Waals surface area contributed by atoms with E-state index in [2.05, 4.69) is 22.3 Å². The Morgan fingerprint density at radius 2 is 2.14 bits per heavy atom. The molecular formula is C16H22F2N2O2. The van der Waals surface area contributed by atoms with E-state index in [1.165, 1.54) is 6.07 Å². The molecule has 1 heterocycles. The van der Waals surface area contributed by atoms with Crippen LogP contribution in [0.4, 0.5) is 8.78 Å². The van der Waals surface area contributed by atoms with Crippen molar-refractivity contribution < 1.29 is 18.3 Å². The summed E-state index contributed by atoms with van der Waals surface area (Å²) in [5, 5.41) is 6.06. The summed E-state index contributed by atoms with van der Waals surface area (Å²) in [4.78, 5) is 12.3. The smallest absolute Gasteiger partial charge is 0.387 e. The molecule has 1 amide bonds. The van der Waals surface area contributed by atoms with Gasteiger partial charge < -0.3 is 15.4 Å². The molecule has 3 unspecified atom stereocenters. The lowest BCUT2D eigenvalue weighted by molar-refractivity contribution is -0.124. The third-order valence-corrected chi connectivity index (χ3v) is 3.94. The van der Waals surface area contributed by atoms with Crippen LogP contribution in [-0.2, 0) is 4.79 Å². The number of rotatable bonds is 5. The number of carbonyl (C=O) groups excluding carboxylic acids is 1. The molecule has 3 atom stereocenters. The van der Waals surface area contributed by atoms with Crippen LogP contribution in [0.15, 0.2) is 24.3 Å². The second-order valence-corrected chi connectivity index (χ2v) is 5.78. The first-order valence-corrected chi connectivity index (χ1v) is 7.55. The molecule has 0 bridgehead atoms. The lowest BCUT2D eigenvalue weighted by atomic mass is 9.93. The summed E-state index contributed by atoms with van der Waals surface area (Å²) >= 11 is 0. The number of nitrogens with one attached hydrogen (secondary N) is 2. The number of piperidine rings is 1. The normalized spacial score (nSPS) is 23.1. The number of benzene rings is 1. The molecule has 0 saturated carbocycles. The van der Waals surface area contributed by atoms with E-state index < -0.39 is 12.7 Å². The van der Waals surface area contributed by atoms with Crippen LogP contribution in [0.5, 0.6) is 5.75 Å². The number of amides is 1. The standard InChI is InChI=1S/C16H22F2N2O2/c1-10-7-8-19-13(9-10)15(21)20-11(2)12-5-3-4-6-14(12)22-16(17)18/h3-6,10-11,13,16,19H,7-9H2,1-2H3,(H,20,21). The molecule has 1 fully saturated rings. The number of hydrogen-bond acceptors (Lipinski definition) is 3. The molecule has 1 saturated heterocycles. The van der Waals surface area contributed by atoms with E-state index in [4.69, 9.17) is 0 Å². The third-order valence-electron chi connectivity index (χ3n) is 3.94. The van der Waals surface area contributed by atoms with E-state index >= 15 is 0 Å². The molecule has 0 aliphatic carbocycles. The van der Waals surface area contributed by atoms with Gasteiger partial charge in [-0.15, -0.1) is 0 Å². The van der Waals surface area contributed by atoms with Gasteiger partial charge in [0.05, 0.1) is 12.1 Å². The Balaban J connectivity index is 2.02. The average molecular weight is 312 g/mol. The summed E-state index contributed by atoms with van der Waals surface area (Å²) in [6, 6.07) is 5.89. The summed E-state index contributed by atoms with van der Waals surface area (Å²) < 4.78 is 29.4. The molecule has 0 radical (unpaired) electrons. The fourth-order valence-corrected chi connectivity index (χ4v) is 2.74. The minimum atomic E-state index is -2.88. The number of halogens is 2. The molecule has 0 aromatic heterocycles. The topological polar surface area (TPSA) is 50.4 Å². The summed E-state index contributed by atoms with van der Waals surface area (Å²) in [7, 11) is 0. The predicted octanol–water partition coefficient (Wildman–Crippen LogP) is 2.85. The number of alkyl halides is 2. The van der Waals surface area contributed by atoms with E-state index in [9.17, 15) is 13.6 Å². The Morgan fingerprint density at radius 1 is 1.41 bits per heavy atom. The maximum absolute atomic E-state index is 12.4. The van der Waals surface area contributed by atoms with Crippen molar-refractivity contribution >= 4 is 5.91 Å². The van der Waals surface area contributed by atoms with Crippen molar-refractivity contribution in [3.8, 4) is 5.75 Å². The summed E-state index contributed by atoms with van der Waals surface area (Å²) in [6.45, 7) is 1.82. The number of para-hydroxylation sites is 1. The molecule has 2 rings (SSSR count). The van der Waals surface area contributed by atoms with Crippen molar-refractivity contribution in [2.75, 3.05) is 6.54 Å². The second kappa shape index (κ2) is 7.54. The molecule has 6 heteroatoms. The fraction of sp³-hybridized carbons (Fsp3) is 0.562. The lowest BCUT2D eigenvalue weighted by Crippen LogP contribution is -2.48. The van der Waals surface area contributed by atoms with Gasteiger partial charge in [-0.2, -0.15) is 8.78 Å². The monoisotopic (exact) mass is 312 g/mol. The van der Waals surface area contributed by atoms with Crippen molar-refractivity contribution in [3.63, 3.8) is 0 Å². The summed E-state index contributed by atoms with van der Waals surface area (Å²) in [6.07, 6.45) is 1.85. The van der Waals surface area contributed by atoms with Gasteiger partial charge in [-0.25, -0.2) is 0 Å². The zero-order valence-electron chi connectivity index (χ0n) is 12.8.